The molecule has 1 amide bonds. The quantitative estimate of drug-likeness (QED) is 0.880. The minimum atomic E-state index is -1.60. The average molecular weight is 295 g/mol. The third-order valence-corrected chi connectivity index (χ3v) is 2.88. The van der Waals surface area contributed by atoms with Crippen molar-refractivity contribution in [2.75, 3.05) is 7.11 Å². The maximum absolute atomic E-state index is 13.1. The number of carbonyl (C=O) groups is 1. The van der Waals surface area contributed by atoms with Crippen LogP contribution in [-0.2, 0) is 6.54 Å². The zero-order valence-electron chi connectivity index (χ0n) is 11.1. The Kier molecular flexibility index (Phi) is 4.47. The van der Waals surface area contributed by atoms with E-state index >= 15 is 0 Å². The third-order valence-electron chi connectivity index (χ3n) is 2.88. The SMILES string of the molecule is COc1ccccc1CNC(=O)c1cc(F)c(F)c(F)c1. The topological polar surface area (TPSA) is 38.3 Å². The van der Waals surface area contributed by atoms with Gasteiger partial charge in [-0.25, -0.2) is 13.2 Å². The molecule has 0 fully saturated rings. The molecule has 0 unspecified atom stereocenters. The van der Waals surface area contributed by atoms with Crippen molar-refractivity contribution in [3.63, 3.8) is 0 Å². The van der Waals surface area contributed by atoms with E-state index in [1.807, 2.05) is 0 Å². The zero-order valence-corrected chi connectivity index (χ0v) is 11.1. The molecule has 0 radical (unpaired) electrons. The lowest BCUT2D eigenvalue weighted by atomic mass is 10.1. The normalized spacial score (nSPS) is 10.3. The summed E-state index contributed by atoms with van der Waals surface area (Å²) in [7, 11) is 1.49. The minimum absolute atomic E-state index is 0.115. The van der Waals surface area contributed by atoms with Crippen molar-refractivity contribution in [3.05, 3.63) is 65.0 Å². The molecule has 0 saturated heterocycles. The van der Waals surface area contributed by atoms with Crippen LogP contribution in [0.3, 0.4) is 0 Å². The van der Waals surface area contributed by atoms with Crippen LogP contribution in [0.15, 0.2) is 36.4 Å². The van der Waals surface area contributed by atoms with E-state index in [4.69, 9.17) is 4.74 Å². The largest absolute Gasteiger partial charge is 0.496 e. The second-order valence-corrected chi connectivity index (χ2v) is 4.25. The Hall–Kier alpha value is -2.50. The summed E-state index contributed by atoms with van der Waals surface area (Å²) < 4.78 is 44.1. The number of methoxy groups -OCH3 is 1. The molecule has 0 spiro atoms. The monoisotopic (exact) mass is 295 g/mol. The molecule has 0 aromatic heterocycles. The van der Waals surface area contributed by atoms with E-state index < -0.39 is 23.4 Å². The van der Waals surface area contributed by atoms with Crippen LogP contribution in [0.25, 0.3) is 0 Å². The maximum atomic E-state index is 13.1. The first-order valence-electron chi connectivity index (χ1n) is 6.07. The molecule has 0 aliphatic rings. The average Bonchev–Trinajstić information content (AvgIpc) is 2.49. The summed E-state index contributed by atoms with van der Waals surface area (Å²) in [5, 5.41) is 2.49. The first-order valence-corrected chi connectivity index (χ1v) is 6.07. The van der Waals surface area contributed by atoms with Gasteiger partial charge in [0.15, 0.2) is 17.5 Å². The van der Waals surface area contributed by atoms with Gasteiger partial charge in [-0.15, -0.1) is 0 Å². The molecule has 0 aliphatic heterocycles. The number of para-hydroxylation sites is 1. The molecule has 2 aromatic carbocycles. The second-order valence-electron chi connectivity index (χ2n) is 4.25. The van der Waals surface area contributed by atoms with Crippen molar-refractivity contribution in [1.82, 2.24) is 5.32 Å². The lowest BCUT2D eigenvalue weighted by Gasteiger charge is -2.09. The van der Waals surface area contributed by atoms with Gasteiger partial charge in [0.05, 0.1) is 7.11 Å². The molecule has 2 aromatic rings. The summed E-state index contributed by atoms with van der Waals surface area (Å²) in [6.07, 6.45) is 0. The van der Waals surface area contributed by atoms with Crippen LogP contribution in [0.1, 0.15) is 15.9 Å². The molecule has 0 aliphatic carbocycles. The summed E-state index contributed by atoms with van der Waals surface area (Å²) in [4.78, 5) is 11.8. The number of hydrogen-bond donors (Lipinski definition) is 1. The van der Waals surface area contributed by atoms with Crippen LogP contribution in [0.4, 0.5) is 13.2 Å². The number of carbonyl (C=O) groups excluding carboxylic acids is 1. The van der Waals surface area contributed by atoms with Crippen molar-refractivity contribution in [3.8, 4) is 5.75 Å². The summed E-state index contributed by atoms with van der Waals surface area (Å²) >= 11 is 0. The van der Waals surface area contributed by atoms with Crippen molar-refractivity contribution in [2.45, 2.75) is 6.54 Å². The molecular weight excluding hydrogens is 283 g/mol. The molecule has 21 heavy (non-hydrogen) atoms. The summed E-state index contributed by atoms with van der Waals surface area (Å²) in [5.74, 6) is -4.54. The molecule has 0 saturated carbocycles. The first-order chi connectivity index (χ1) is 10.0. The Bertz CT molecular complexity index is 651. The minimum Gasteiger partial charge on any atom is -0.496 e. The van der Waals surface area contributed by atoms with Crippen LogP contribution >= 0.6 is 0 Å². The Morgan fingerprint density at radius 3 is 2.38 bits per heavy atom. The van der Waals surface area contributed by atoms with Gasteiger partial charge in [-0.3, -0.25) is 4.79 Å². The molecule has 6 heteroatoms. The van der Waals surface area contributed by atoms with Gasteiger partial charge in [-0.2, -0.15) is 0 Å². The van der Waals surface area contributed by atoms with Gasteiger partial charge in [-0.05, 0) is 18.2 Å². The van der Waals surface area contributed by atoms with Gasteiger partial charge >= 0.3 is 0 Å². The van der Waals surface area contributed by atoms with Crippen LogP contribution in [0.5, 0.6) is 5.75 Å². The van der Waals surface area contributed by atoms with Crippen molar-refractivity contribution in [1.29, 1.82) is 0 Å². The number of hydrogen-bond acceptors (Lipinski definition) is 2. The summed E-state index contributed by atoms with van der Waals surface area (Å²) in [5.41, 5.74) is 0.415. The summed E-state index contributed by atoms with van der Waals surface area (Å²) in [6.45, 7) is 0.115. The van der Waals surface area contributed by atoms with E-state index in [2.05, 4.69) is 5.32 Å². The molecule has 0 bridgehead atoms. The number of amides is 1. The van der Waals surface area contributed by atoms with Gasteiger partial charge < -0.3 is 10.1 Å². The zero-order chi connectivity index (χ0) is 15.4. The Morgan fingerprint density at radius 2 is 1.76 bits per heavy atom. The molecule has 2 rings (SSSR count). The van der Waals surface area contributed by atoms with Crippen molar-refractivity contribution < 1.29 is 22.7 Å². The first kappa shape index (κ1) is 14.9. The smallest absolute Gasteiger partial charge is 0.251 e. The summed E-state index contributed by atoms with van der Waals surface area (Å²) in [6, 6.07) is 8.30. The van der Waals surface area contributed by atoms with E-state index in [9.17, 15) is 18.0 Å². The number of benzene rings is 2. The predicted octanol–water partition coefficient (Wildman–Crippen LogP) is 3.04. The maximum Gasteiger partial charge on any atom is 0.251 e. The molecule has 3 nitrogen and oxygen atoms in total. The fourth-order valence-corrected chi connectivity index (χ4v) is 1.81. The highest BCUT2D eigenvalue weighted by atomic mass is 19.2. The number of nitrogens with one attached hydrogen (secondary N) is 1. The second kappa shape index (κ2) is 6.30. The van der Waals surface area contributed by atoms with Gasteiger partial charge in [-0.1, -0.05) is 18.2 Å². The van der Waals surface area contributed by atoms with Gasteiger partial charge in [0, 0.05) is 17.7 Å². The highest BCUT2D eigenvalue weighted by Gasteiger charge is 2.15. The van der Waals surface area contributed by atoms with E-state index in [1.54, 1.807) is 24.3 Å². The molecular formula is C15H12F3NO2. The number of rotatable bonds is 4. The fraction of sp³-hybridized carbons (Fsp3) is 0.133. The van der Waals surface area contributed by atoms with Crippen molar-refractivity contribution >= 4 is 5.91 Å². The van der Waals surface area contributed by atoms with Crippen LogP contribution in [0.2, 0.25) is 0 Å². The molecule has 110 valence electrons. The van der Waals surface area contributed by atoms with Crippen molar-refractivity contribution in [2.24, 2.45) is 0 Å². The number of halogens is 3. The fourth-order valence-electron chi connectivity index (χ4n) is 1.81. The molecule has 0 atom stereocenters. The lowest BCUT2D eigenvalue weighted by molar-refractivity contribution is 0.0949. The van der Waals surface area contributed by atoms with E-state index in [0.717, 1.165) is 0 Å². The highest BCUT2D eigenvalue weighted by Crippen LogP contribution is 2.17. The Morgan fingerprint density at radius 1 is 1.14 bits per heavy atom. The van der Waals surface area contributed by atoms with Crippen LogP contribution in [0, 0.1) is 17.5 Å². The van der Waals surface area contributed by atoms with Gasteiger partial charge in [0.25, 0.3) is 5.91 Å². The lowest BCUT2D eigenvalue weighted by Crippen LogP contribution is -2.23. The van der Waals surface area contributed by atoms with Crippen LogP contribution in [-0.4, -0.2) is 13.0 Å². The van der Waals surface area contributed by atoms with Crippen LogP contribution < -0.4 is 10.1 Å². The molecule has 0 heterocycles. The van der Waals surface area contributed by atoms with E-state index in [1.165, 1.54) is 7.11 Å². The Balaban J connectivity index is 2.12. The third kappa shape index (κ3) is 3.34. The predicted molar refractivity (Wildman–Crippen MR) is 70.5 cm³/mol. The number of ether oxygens (including phenoxy) is 1. The Labute approximate surface area is 119 Å². The highest BCUT2D eigenvalue weighted by molar-refractivity contribution is 5.94. The van der Waals surface area contributed by atoms with E-state index in [0.29, 0.717) is 23.4 Å². The standard InChI is InChI=1S/C15H12F3NO2/c1-21-13-5-3-2-4-9(13)8-19-15(20)10-6-11(16)14(18)12(17)7-10/h2-7H,8H2,1H3,(H,19,20). The molecule has 1 N–H and O–H groups in total. The van der Waals surface area contributed by atoms with E-state index in [-0.39, 0.29) is 12.1 Å². The van der Waals surface area contributed by atoms with Gasteiger partial charge in [0.1, 0.15) is 5.75 Å². The van der Waals surface area contributed by atoms with Gasteiger partial charge in [0.2, 0.25) is 0 Å².